The maximum absolute atomic E-state index is 13.3. The quantitative estimate of drug-likeness (QED) is 0.611. The highest BCUT2D eigenvalue weighted by molar-refractivity contribution is 5.77. The van der Waals surface area contributed by atoms with E-state index < -0.39 is 5.60 Å². The fourth-order valence-corrected chi connectivity index (χ4v) is 3.40. The number of halogens is 1. The molecular formula is C25H24FN3O2. The number of nitrogens with zero attached hydrogens (tertiary/aromatic N) is 2. The molecule has 0 spiro atoms. The molecule has 6 heteroatoms. The Bertz CT molecular complexity index is 1200. The van der Waals surface area contributed by atoms with Crippen LogP contribution >= 0.6 is 0 Å². The van der Waals surface area contributed by atoms with Gasteiger partial charge in [-0.2, -0.15) is 0 Å². The summed E-state index contributed by atoms with van der Waals surface area (Å²) in [7, 11) is 1.94. The van der Waals surface area contributed by atoms with Crippen LogP contribution in [0.3, 0.4) is 0 Å². The van der Waals surface area contributed by atoms with Gasteiger partial charge < -0.3 is 19.7 Å². The van der Waals surface area contributed by atoms with Gasteiger partial charge >= 0.3 is 0 Å². The van der Waals surface area contributed by atoms with Crippen LogP contribution in [0.25, 0.3) is 11.0 Å². The number of fused-ring (bicyclic) bond motifs is 1. The van der Waals surface area contributed by atoms with Crippen LogP contribution in [0.5, 0.6) is 5.75 Å². The minimum Gasteiger partial charge on any atom is -0.483 e. The maximum atomic E-state index is 13.3. The molecule has 0 aliphatic heterocycles. The van der Waals surface area contributed by atoms with Crippen LogP contribution < -0.4 is 9.64 Å². The third kappa shape index (κ3) is 4.96. The molecule has 2 aromatic heterocycles. The first kappa shape index (κ1) is 20.7. The van der Waals surface area contributed by atoms with Crippen LogP contribution in [-0.4, -0.2) is 40.9 Å². The van der Waals surface area contributed by atoms with Crippen LogP contribution in [-0.2, 0) is 0 Å². The van der Waals surface area contributed by atoms with E-state index in [4.69, 9.17) is 9.84 Å². The van der Waals surface area contributed by atoms with Gasteiger partial charge in [-0.15, -0.1) is 0 Å². The van der Waals surface area contributed by atoms with E-state index in [9.17, 15) is 4.39 Å². The van der Waals surface area contributed by atoms with Gasteiger partial charge in [0.05, 0.1) is 18.5 Å². The summed E-state index contributed by atoms with van der Waals surface area (Å²) in [6.45, 7) is 2.74. The highest BCUT2D eigenvalue weighted by Crippen LogP contribution is 2.28. The van der Waals surface area contributed by atoms with E-state index >= 15 is 0 Å². The van der Waals surface area contributed by atoms with Crippen molar-refractivity contribution in [3.8, 4) is 17.6 Å². The standard InChI is InChI=1S/C25H24FN3O2/c1-25(31-23-7-5-22(6-8-23)29(2)13-14-30)11-9-18(10-12-25)3-4-21-16-19-15-20(26)17-27-24(19)28-21/h5-11,15-17,30H,12-14H2,1-2H3,(H,27,28). The number of H-pyrrole nitrogens is 1. The van der Waals surface area contributed by atoms with E-state index in [2.05, 4.69) is 27.9 Å². The topological polar surface area (TPSA) is 61.4 Å². The van der Waals surface area contributed by atoms with Gasteiger partial charge in [-0.3, -0.25) is 0 Å². The first-order valence-corrected chi connectivity index (χ1v) is 10.1. The first-order valence-electron chi connectivity index (χ1n) is 10.1. The number of ether oxygens (including phenoxy) is 1. The number of anilines is 1. The van der Waals surface area contributed by atoms with E-state index in [1.165, 1.54) is 12.3 Å². The summed E-state index contributed by atoms with van der Waals surface area (Å²) in [5, 5.41) is 9.76. The van der Waals surface area contributed by atoms with Crippen molar-refractivity contribution >= 4 is 16.7 Å². The molecule has 1 aliphatic carbocycles. The molecule has 0 fully saturated rings. The zero-order valence-corrected chi connectivity index (χ0v) is 17.5. The maximum Gasteiger partial charge on any atom is 0.142 e. The average molecular weight is 417 g/mol. The molecule has 4 rings (SSSR count). The van der Waals surface area contributed by atoms with Crippen molar-refractivity contribution in [1.29, 1.82) is 0 Å². The average Bonchev–Trinajstić information content (AvgIpc) is 3.16. The monoisotopic (exact) mass is 417 g/mol. The number of hydrogen-bond acceptors (Lipinski definition) is 4. The van der Waals surface area contributed by atoms with Crippen molar-refractivity contribution in [3.63, 3.8) is 0 Å². The molecule has 2 N–H and O–H groups in total. The molecule has 158 valence electrons. The van der Waals surface area contributed by atoms with Crippen LogP contribution in [0.2, 0.25) is 0 Å². The molecule has 1 aromatic carbocycles. The zero-order valence-electron chi connectivity index (χ0n) is 17.5. The van der Waals surface area contributed by atoms with Crippen LogP contribution in [0.15, 0.2) is 66.4 Å². The molecule has 0 amide bonds. The predicted octanol–water partition coefficient (Wildman–Crippen LogP) is 4.21. The summed E-state index contributed by atoms with van der Waals surface area (Å²) >= 11 is 0. The number of aliphatic hydroxyl groups excluding tert-OH is 1. The SMILES string of the molecule is CN(CCO)c1ccc(OC2(C)C=CC(C#Cc3cc4cc(F)cnc4[nH]3)=CC2)cc1. The fourth-order valence-electron chi connectivity index (χ4n) is 3.40. The van der Waals surface area contributed by atoms with Crippen LogP contribution in [0.1, 0.15) is 19.0 Å². The Balaban J connectivity index is 1.40. The number of likely N-dealkylation sites (N-methyl/N-ethyl adjacent to an activating group) is 1. The van der Waals surface area contributed by atoms with Gasteiger partial charge in [0.1, 0.15) is 22.8 Å². The molecule has 0 saturated heterocycles. The summed E-state index contributed by atoms with van der Waals surface area (Å²) < 4.78 is 19.5. The van der Waals surface area contributed by atoms with Gasteiger partial charge in [-0.25, -0.2) is 9.37 Å². The van der Waals surface area contributed by atoms with Gasteiger partial charge in [0, 0.05) is 36.7 Å². The summed E-state index contributed by atoms with van der Waals surface area (Å²) in [4.78, 5) is 9.09. The molecule has 0 saturated carbocycles. The minimum atomic E-state index is -0.452. The second kappa shape index (κ2) is 8.66. The van der Waals surface area contributed by atoms with Gasteiger partial charge in [0.15, 0.2) is 0 Å². The Morgan fingerprint density at radius 2 is 2.06 bits per heavy atom. The summed E-state index contributed by atoms with van der Waals surface area (Å²) in [6, 6.07) is 11.1. The van der Waals surface area contributed by atoms with Crippen molar-refractivity contribution in [3.05, 3.63) is 77.9 Å². The lowest BCUT2D eigenvalue weighted by Crippen LogP contribution is -2.30. The lowest BCUT2D eigenvalue weighted by molar-refractivity contribution is 0.142. The molecule has 5 nitrogen and oxygen atoms in total. The van der Waals surface area contributed by atoms with Crippen molar-refractivity contribution in [2.45, 2.75) is 18.9 Å². The number of aromatic nitrogens is 2. The van der Waals surface area contributed by atoms with E-state index in [1.807, 2.05) is 55.3 Å². The Hall–Kier alpha value is -3.56. The van der Waals surface area contributed by atoms with Crippen LogP contribution in [0, 0.1) is 17.7 Å². The molecule has 3 aromatic rings. The minimum absolute atomic E-state index is 0.116. The molecule has 2 heterocycles. The smallest absolute Gasteiger partial charge is 0.142 e. The molecule has 0 radical (unpaired) electrons. The van der Waals surface area contributed by atoms with E-state index in [0.29, 0.717) is 29.7 Å². The lowest BCUT2D eigenvalue weighted by Gasteiger charge is -2.29. The normalized spacial score (nSPS) is 17.7. The highest BCUT2D eigenvalue weighted by Gasteiger charge is 2.24. The largest absolute Gasteiger partial charge is 0.483 e. The number of benzene rings is 1. The van der Waals surface area contributed by atoms with Crippen molar-refractivity contribution in [2.24, 2.45) is 0 Å². The first-order chi connectivity index (χ1) is 14.9. The van der Waals surface area contributed by atoms with Gasteiger partial charge in [0.25, 0.3) is 0 Å². The van der Waals surface area contributed by atoms with Gasteiger partial charge in [0.2, 0.25) is 0 Å². The number of aliphatic hydroxyl groups is 1. The molecule has 0 bridgehead atoms. The second-order valence-corrected chi connectivity index (χ2v) is 7.78. The number of pyridine rings is 1. The Morgan fingerprint density at radius 3 is 2.77 bits per heavy atom. The number of allylic oxidation sites excluding steroid dienone is 2. The third-order valence-electron chi connectivity index (χ3n) is 5.18. The molecule has 1 aliphatic rings. The third-order valence-corrected chi connectivity index (χ3v) is 5.18. The van der Waals surface area contributed by atoms with Crippen LogP contribution in [0.4, 0.5) is 10.1 Å². The summed E-state index contributed by atoms with van der Waals surface area (Å²) in [6.07, 6.45) is 7.91. The zero-order chi connectivity index (χ0) is 21.8. The van der Waals surface area contributed by atoms with E-state index in [1.54, 1.807) is 6.07 Å². The molecule has 31 heavy (non-hydrogen) atoms. The number of aromatic amines is 1. The highest BCUT2D eigenvalue weighted by atomic mass is 19.1. The Morgan fingerprint density at radius 1 is 1.26 bits per heavy atom. The van der Waals surface area contributed by atoms with E-state index in [0.717, 1.165) is 17.0 Å². The summed E-state index contributed by atoms with van der Waals surface area (Å²) in [5.41, 5.74) is 2.79. The Kier molecular flexibility index (Phi) is 5.79. The van der Waals surface area contributed by atoms with Crippen molar-refractivity contribution < 1.29 is 14.2 Å². The van der Waals surface area contributed by atoms with Crippen molar-refractivity contribution in [1.82, 2.24) is 9.97 Å². The molecule has 1 atom stereocenters. The number of nitrogens with one attached hydrogen (secondary N) is 1. The Labute approximate surface area is 180 Å². The molecule has 1 unspecified atom stereocenters. The van der Waals surface area contributed by atoms with Gasteiger partial charge in [-0.05, 0) is 61.4 Å². The second-order valence-electron chi connectivity index (χ2n) is 7.78. The van der Waals surface area contributed by atoms with Gasteiger partial charge in [-0.1, -0.05) is 12.0 Å². The number of hydrogen-bond donors (Lipinski definition) is 2. The van der Waals surface area contributed by atoms with Crippen molar-refractivity contribution in [2.75, 3.05) is 25.1 Å². The lowest BCUT2D eigenvalue weighted by atomic mass is 9.93. The predicted molar refractivity (Wildman–Crippen MR) is 121 cm³/mol. The fraction of sp³-hybridized carbons (Fsp3) is 0.240. The molecular weight excluding hydrogens is 393 g/mol. The van der Waals surface area contributed by atoms with E-state index in [-0.39, 0.29) is 12.4 Å². The summed E-state index contributed by atoms with van der Waals surface area (Å²) in [5.74, 6) is 6.63. The number of rotatable bonds is 5.